The van der Waals surface area contributed by atoms with Crippen LogP contribution in [0, 0.1) is 0 Å². The minimum atomic E-state index is -0.652. The van der Waals surface area contributed by atoms with Gasteiger partial charge in [0.05, 0.1) is 5.69 Å². The summed E-state index contributed by atoms with van der Waals surface area (Å²) < 4.78 is 0. The molecule has 0 radical (unpaired) electrons. The van der Waals surface area contributed by atoms with Gasteiger partial charge in [0.25, 0.3) is 5.91 Å². The van der Waals surface area contributed by atoms with Crippen LogP contribution in [0.15, 0.2) is 48.5 Å². The number of imide groups is 1. The molecule has 3 aromatic rings. The van der Waals surface area contributed by atoms with E-state index in [4.69, 9.17) is 0 Å². The van der Waals surface area contributed by atoms with Gasteiger partial charge in [-0.05, 0) is 35.6 Å². The predicted molar refractivity (Wildman–Crippen MR) is 118 cm³/mol. The first-order valence-corrected chi connectivity index (χ1v) is 10.4. The van der Waals surface area contributed by atoms with Gasteiger partial charge in [0.1, 0.15) is 11.9 Å². The lowest BCUT2D eigenvalue weighted by atomic mass is 10.0. The fourth-order valence-electron chi connectivity index (χ4n) is 4.34. The van der Waals surface area contributed by atoms with E-state index in [9.17, 15) is 19.2 Å². The summed E-state index contributed by atoms with van der Waals surface area (Å²) in [4.78, 5) is 54.5. The van der Waals surface area contributed by atoms with Gasteiger partial charge in [-0.3, -0.25) is 24.5 Å². The lowest BCUT2D eigenvalue weighted by molar-refractivity contribution is -0.137. The maximum Gasteiger partial charge on any atom is 0.255 e. The van der Waals surface area contributed by atoms with Crippen molar-refractivity contribution in [1.29, 1.82) is 0 Å². The number of anilines is 1. The molecule has 160 valence electrons. The van der Waals surface area contributed by atoms with E-state index in [1.807, 2.05) is 42.5 Å². The third-order valence-electron chi connectivity index (χ3n) is 5.85. The molecule has 2 aliphatic rings. The van der Waals surface area contributed by atoms with E-state index in [-0.39, 0.29) is 24.1 Å². The summed E-state index contributed by atoms with van der Waals surface area (Å²) >= 11 is 0. The normalized spacial score (nSPS) is 18.0. The standard InChI is InChI=1S/C24H20N4O4/c1-13(29)25-22-17-5-3-2-4-14(17)11-19(26-22)15-6-7-18-16(10-15)12-28(24(18)32)20-8-9-21(30)27-23(20)31/h2-7,10-11,20H,8-9,12H2,1H3,(H,25,26,29)(H,27,30,31). The van der Waals surface area contributed by atoms with Crippen LogP contribution in [0.3, 0.4) is 0 Å². The van der Waals surface area contributed by atoms with Crippen LogP contribution in [0.25, 0.3) is 22.0 Å². The molecule has 1 saturated heterocycles. The Kier molecular flexibility index (Phi) is 4.70. The zero-order valence-electron chi connectivity index (χ0n) is 17.3. The minimum Gasteiger partial charge on any atom is -0.322 e. The van der Waals surface area contributed by atoms with Crippen LogP contribution in [0.5, 0.6) is 0 Å². The van der Waals surface area contributed by atoms with Gasteiger partial charge in [0, 0.05) is 36.4 Å². The maximum absolute atomic E-state index is 12.9. The average Bonchev–Trinajstić information content (AvgIpc) is 3.09. The molecule has 5 rings (SSSR count). The molecule has 4 amide bonds. The fraction of sp³-hybridized carbons (Fsp3) is 0.208. The van der Waals surface area contributed by atoms with Crippen molar-refractivity contribution in [2.45, 2.75) is 32.4 Å². The van der Waals surface area contributed by atoms with Gasteiger partial charge in [0.15, 0.2) is 0 Å². The third kappa shape index (κ3) is 3.39. The van der Waals surface area contributed by atoms with E-state index in [0.29, 0.717) is 30.0 Å². The van der Waals surface area contributed by atoms with Crippen LogP contribution < -0.4 is 10.6 Å². The number of nitrogens with zero attached hydrogens (tertiary/aromatic N) is 2. The van der Waals surface area contributed by atoms with Crippen LogP contribution >= 0.6 is 0 Å². The number of nitrogens with one attached hydrogen (secondary N) is 2. The van der Waals surface area contributed by atoms with Gasteiger partial charge < -0.3 is 10.2 Å². The lowest BCUT2D eigenvalue weighted by Gasteiger charge is -2.29. The number of carbonyl (C=O) groups is 4. The smallest absolute Gasteiger partial charge is 0.255 e. The van der Waals surface area contributed by atoms with Crippen molar-refractivity contribution in [3.05, 3.63) is 59.7 Å². The summed E-state index contributed by atoms with van der Waals surface area (Å²) in [5, 5.41) is 6.88. The van der Waals surface area contributed by atoms with Crippen LogP contribution in [-0.4, -0.2) is 39.6 Å². The molecule has 8 nitrogen and oxygen atoms in total. The van der Waals surface area contributed by atoms with Crippen LogP contribution in [0.4, 0.5) is 5.82 Å². The molecule has 3 heterocycles. The van der Waals surface area contributed by atoms with E-state index >= 15 is 0 Å². The predicted octanol–water partition coefficient (Wildman–Crippen LogP) is 2.62. The molecular formula is C24H20N4O4. The van der Waals surface area contributed by atoms with E-state index in [2.05, 4.69) is 15.6 Å². The van der Waals surface area contributed by atoms with E-state index in [1.54, 1.807) is 6.07 Å². The van der Waals surface area contributed by atoms with E-state index in [1.165, 1.54) is 11.8 Å². The lowest BCUT2D eigenvalue weighted by Crippen LogP contribution is -2.52. The molecule has 2 aromatic carbocycles. The molecule has 0 spiro atoms. The fourth-order valence-corrected chi connectivity index (χ4v) is 4.34. The summed E-state index contributed by atoms with van der Waals surface area (Å²) in [6.45, 7) is 1.73. The van der Waals surface area contributed by atoms with Crippen LogP contribution in [0.2, 0.25) is 0 Å². The molecule has 2 N–H and O–H groups in total. The van der Waals surface area contributed by atoms with Gasteiger partial charge >= 0.3 is 0 Å². The number of amides is 4. The Morgan fingerprint density at radius 2 is 1.94 bits per heavy atom. The Labute approximate surface area is 183 Å². The highest BCUT2D eigenvalue weighted by Gasteiger charge is 2.39. The molecule has 2 aliphatic heterocycles. The highest BCUT2D eigenvalue weighted by molar-refractivity contribution is 6.06. The summed E-state index contributed by atoms with van der Waals surface area (Å²) in [7, 11) is 0. The molecular weight excluding hydrogens is 408 g/mol. The molecule has 1 aromatic heterocycles. The molecule has 0 saturated carbocycles. The number of hydrogen-bond donors (Lipinski definition) is 2. The zero-order valence-corrected chi connectivity index (χ0v) is 17.3. The number of aromatic nitrogens is 1. The molecule has 32 heavy (non-hydrogen) atoms. The van der Waals surface area contributed by atoms with Crippen molar-refractivity contribution in [3.8, 4) is 11.3 Å². The Morgan fingerprint density at radius 1 is 1.12 bits per heavy atom. The Hall–Kier alpha value is -4.07. The second kappa shape index (κ2) is 7.56. The minimum absolute atomic E-state index is 0.209. The third-order valence-corrected chi connectivity index (χ3v) is 5.85. The summed E-state index contributed by atoms with van der Waals surface area (Å²) in [5.41, 5.74) is 2.82. The second-order valence-electron chi connectivity index (χ2n) is 8.03. The first-order valence-electron chi connectivity index (χ1n) is 10.4. The number of hydrogen-bond acceptors (Lipinski definition) is 5. The van der Waals surface area contributed by atoms with Crippen LogP contribution in [-0.2, 0) is 20.9 Å². The van der Waals surface area contributed by atoms with E-state index in [0.717, 1.165) is 21.9 Å². The average molecular weight is 428 g/mol. The number of benzene rings is 2. The van der Waals surface area contributed by atoms with Crippen LogP contribution in [0.1, 0.15) is 35.7 Å². The number of piperidine rings is 1. The SMILES string of the molecule is CC(=O)Nc1nc(-c2ccc3c(c2)CN(C2CCC(=O)NC2=O)C3=O)cc2ccccc12. The largest absolute Gasteiger partial charge is 0.322 e. The first kappa shape index (κ1) is 19.9. The molecule has 0 aliphatic carbocycles. The molecule has 1 atom stereocenters. The van der Waals surface area contributed by atoms with Crippen molar-refractivity contribution in [2.75, 3.05) is 5.32 Å². The van der Waals surface area contributed by atoms with Crippen molar-refractivity contribution in [3.63, 3.8) is 0 Å². The monoisotopic (exact) mass is 428 g/mol. The quantitative estimate of drug-likeness (QED) is 0.624. The number of pyridine rings is 1. The van der Waals surface area contributed by atoms with E-state index < -0.39 is 11.9 Å². The van der Waals surface area contributed by atoms with Crippen molar-refractivity contribution >= 4 is 40.2 Å². The van der Waals surface area contributed by atoms with Gasteiger partial charge in [-0.25, -0.2) is 4.98 Å². The summed E-state index contributed by atoms with van der Waals surface area (Å²) in [6, 6.07) is 14.4. The van der Waals surface area contributed by atoms with Gasteiger partial charge in [-0.1, -0.05) is 30.3 Å². The summed E-state index contributed by atoms with van der Waals surface area (Å²) in [5.74, 6) is -0.688. The summed E-state index contributed by atoms with van der Waals surface area (Å²) in [6.07, 6.45) is 0.540. The van der Waals surface area contributed by atoms with Gasteiger partial charge in [-0.15, -0.1) is 0 Å². The zero-order chi connectivity index (χ0) is 22.4. The molecule has 0 bridgehead atoms. The van der Waals surface area contributed by atoms with Crippen molar-refractivity contribution in [1.82, 2.24) is 15.2 Å². The highest BCUT2D eigenvalue weighted by Crippen LogP contribution is 2.33. The highest BCUT2D eigenvalue weighted by atomic mass is 16.2. The molecule has 1 unspecified atom stereocenters. The second-order valence-corrected chi connectivity index (χ2v) is 8.03. The number of carbonyl (C=O) groups excluding carboxylic acids is 4. The molecule has 8 heteroatoms. The first-order chi connectivity index (χ1) is 15.4. The number of rotatable bonds is 3. The number of fused-ring (bicyclic) bond motifs is 2. The Bertz CT molecular complexity index is 1320. The van der Waals surface area contributed by atoms with Gasteiger partial charge in [0.2, 0.25) is 17.7 Å². The Morgan fingerprint density at radius 3 is 2.72 bits per heavy atom. The van der Waals surface area contributed by atoms with Gasteiger partial charge in [-0.2, -0.15) is 0 Å². The Balaban J connectivity index is 1.50. The van der Waals surface area contributed by atoms with Crippen molar-refractivity contribution < 1.29 is 19.2 Å². The molecule has 1 fully saturated rings. The van der Waals surface area contributed by atoms with Crippen molar-refractivity contribution in [2.24, 2.45) is 0 Å². The maximum atomic E-state index is 12.9. The topological polar surface area (TPSA) is 108 Å².